The predicted octanol–water partition coefficient (Wildman–Crippen LogP) is 4.56. The number of carbonyl (C=O) groups is 2. The fourth-order valence-electron chi connectivity index (χ4n) is 2.77. The first-order valence-corrected chi connectivity index (χ1v) is 9.74. The average Bonchev–Trinajstić information content (AvgIpc) is 3.16. The molecule has 0 spiro atoms. The molecule has 6 heteroatoms. The Morgan fingerprint density at radius 3 is 2.43 bits per heavy atom. The fraction of sp³-hybridized carbons (Fsp3) is 0.0455. The molecule has 1 amide bonds. The molecule has 0 bridgehead atoms. The number of fused-ring (bicyclic) bond motifs is 1. The Labute approximate surface area is 166 Å². The van der Waals surface area contributed by atoms with Gasteiger partial charge in [-0.1, -0.05) is 36.0 Å². The monoisotopic (exact) mass is 387 g/mol. The minimum absolute atomic E-state index is 0.0126. The molecule has 0 aliphatic heterocycles. The number of thioether (sulfide) groups is 1. The van der Waals surface area contributed by atoms with Gasteiger partial charge in [0.2, 0.25) is 0 Å². The van der Waals surface area contributed by atoms with Crippen molar-refractivity contribution in [3.8, 4) is 0 Å². The first-order valence-electron chi connectivity index (χ1n) is 8.75. The van der Waals surface area contributed by atoms with Crippen LogP contribution in [0, 0.1) is 0 Å². The van der Waals surface area contributed by atoms with Crippen LogP contribution in [0.4, 0.5) is 5.69 Å². The molecule has 0 atom stereocenters. The number of rotatable bonds is 6. The number of anilines is 1. The SMILES string of the molecule is O=C(CSc1ncc2ccccn12)c1ccc(NC(=O)c2ccccc2)cc1. The van der Waals surface area contributed by atoms with Gasteiger partial charge in [0.15, 0.2) is 10.9 Å². The zero-order valence-electron chi connectivity index (χ0n) is 14.9. The summed E-state index contributed by atoms with van der Waals surface area (Å²) in [5, 5.41) is 3.62. The second-order valence-corrected chi connectivity index (χ2v) is 7.09. The molecular weight excluding hydrogens is 370 g/mol. The summed E-state index contributed by atoms with van der Waals surface area (Å²) in [5.74, 6) is 0.129. The molecule has 4 rings (SSSR count). The number of amides is 1. The summed E-state index contributed by atoms with van der Waals surface area (Å²) in [6.45, 7) is 0. The number of ketones is 1. The Balaban J connectivity index is 1.38. The number of Topliss-reactive ketones (excluding diaryl/α,β-unsaturated/α-hetero) is 1. The highest BCUT2D eigenvalue weighted by molar-refractivity contribution is 7.99. The number of pyridine rings is 1. The first-order chi connectivity index (χ1) is 13.7. The maximum atomic E-state index is 12.5. The molecule has 138 valence electrons. The van der Waals surface area contributed by atoms with E-state index in [4.69, 9.17) is 0 Å². The topological polar surface area (TPSA) is 63.5 Å². The molecule has 5 nitrogen and oxygen atoms in total. The predicted molar refractivity (Wildman–Crippen MR) is 111 cm³/mol. The second-order valence-electron chi connectivity index (χ2n) is 6.15. The van der Waals surface area contributed by atoms with Crippen molar-refractivity contribution in [1.29, 1.82) is 0 Å². The van der Waals surface area contributed by atoms with Crippen LogP contribution < -0.4 is 5.32 Å². The van der Waals surface area contributed by atoms with Crippen molar-refractivity contribution in [3.05, 3.63) is 96.3 Å². The number of hydrogen-bond donors (Lipinski definition) is 1. The summed E-state index contributed by atoms with van der Waals surface area (Å²) in [6, 6.07) is 21.8. The van der Waals surface area contributed by atoms with Crippen LogP contribution in [-0.2, 0) is 0 Å². The zero-order chi connectivity index (χ0) is 19.3. The molecule has 0 saturated carbocycles. The number of benzene rings is 2. The maximum absolute atomic E-state index is 12.5. The van der Waals surface area contributed by atoms with Crippen molar-refractivity contribution in [1.82, 2.24) is 9.38 Å². The van der Waals surface area contributed by atoms with Gasteiger partial charge in [-0.2, -0.15) is 0 Å². The minimum Gasteiger partial charge on any atom is -0.322 e. The van der Waals surface area contributed by atoms with Crippen LogP contribution in [0.2, 0.25) is 0 Å². The normalized spacial score (nSPS) is 10.7. The quantitative estimate of drug-likeness (QED) is 0.389. The number of nitrogens with zero attached hydrogens (tertiary/aromatic N) is 2. The van der Waals surface area contributed by atoms with Gasteiger partial charge in [-0.15, -0.1) is 0 Å². The van der Waals surface area contributed by atoms with Crippen molar-refractivity contribution >= 4 is 34.7 Å². The highest BCUT2D eigenvalue weighted by Crippen LogP contribution is 2.20. The minimum atomic E-state index is -0.179. The van der Waals surface area contributed by atoms with Gasteiger partial charge in [0.05, 0.1) is 17.5 Å². The maximum Gasteiger partial charge on any atom is 0.255 e. The smallest absolute Gasteiger partial charge is 0.255 e. The largest absolute Gasteiger partial charge is 0.322 e. The Hall–Kier alpha value is -3.38. The molecule has 4 aromatic rings. The van der Waals surface area contributed by atoms with Crippen LogP contribution in [0.5, 0.6) is 0 Å². The summed E-state index contributed by atoms with van der Waals surface area (Å²) in [4.78, 5) is 29.0. The zero-order valence-corrected chi connectivity index (χ0v) is 15.7. The molecule has 0 fully saturated rings. The summed E-state index contributed by atoms with van der Waals surface area (Å²) in [7, 11) is 0. The van der Waals surface area contributed by atoms with Crippen molar-refractivity contribution in [2.75, 3.05) is 11.1 Å². The van der Waals surface area contributed by atoms with Crippen LogP contribution in [0.1, 0.15) is 20.7 Å². The van der Waals surface area contributed by atoms with Gasteiger partial charge in [-0.05, 0) is 48.5 Å². The van der Waals surface area contributed by atoms with Crippen molar-refractivity contribution in [2.45, 2.75) is 5.16 Å². The lowest BCUT2D eigenvalue weighted by Gasteiger charge is -2.06. The molecule has 0 saturated heterocycles. The van der Waals surface area contributed by atoms with E-state index >= 15 is 0 Å². The van der Waals surface area contributed by atoms with Gasteiger partial charge in [-0.3, -0.25) is 14.0 Å². The Bertz CT molecular complexity index is 1120. The number of hydrogen-bond acceptors (Lipinski definition) is 4. The number of imidazole rings is 1. The van der Waals surface area contributed by atoms with Crippen LogP contribution in [0.25, 0.3) is 5.52 Å². The first kappa shape index (κ1) is 18.0. The summed E-state index contributed by atoms with van der Waals surface area (Å²) in [6.07, 6.45) is 3.72. The Morgan fingerprint density at radius 2 is 1.64 bits per heavy atom. The average molecular weight is 387 g/mol. The lowest BCUT2D eigenvalue weighted by atomic mass is 10.1. The molecular formula is C22H17N3O2S. The van der Waals surface area contributed by atoms with Crippen molar-refractivity contribution in [3.63, 3.8) is 0 Å². The lowest BCUT2D eigenvalue weighted by molar-refractivity contribution is 0.101. The third-order valence-electron chi connectivity index (χ3n) is 4.24. The number of nitrogens with one attached hydrogen (secondary N) is 1. The molecule has 0 aliphatic carbocycles. The van der Waals surface area contributed by atoms with Crippen LogP contribution in [0.3, 0.4) is 0 Å². The van der Waals surface area contributed by atoms with Crippen molar-refractivity contribution in [2.24, 2.45) is 0 Å². The van der Waals surface area contributed by atoms with Gasteiger partial charge >= 0.3 is 0 Å². The van der Waals surface area contributed by atoms with E-state index < -0.39 is 0 Å². The summed E-state index contributed by atoms with van der Waals surface area (Å²) in [5.41, 5.74) is 2.84. The highest BCUT2D eigenvalue weighted by Gasteiger charge is 2.11. The van der Waals surface area contributed by atoms with Crippen LogP contribution in [-0.4, -0.2) is 26.8 Å². The van der Waals surface area contributed by atoms with E-state index in [2.05, 4.69) is 10.3 Å². The second kappa shape index (κ2) is 8.10. The lowest BCUT2D eigenvalue weighted by Crippen LogP contribution is -2.11. The van der Waals surface area contributed by atoms with Gasteiger partial charge in [0, 0.05) is 23.0 Å². The number of carbonyl (C=O) groups excluding carboxylic acids is 2. The van der Waals surface area contributed by atoms with E-state index in [1.807, 2.05) is 47.0 Å². The molecule has 0 aliphatic rings. The fourth-order valence-corrected chi connectivity index (χ4v) is 3.63. The third-order valence-corrected chi connectivity index (χ3v) is 5.20. The molecule has 2 heterocycles. The van der Waals surface area contributed by atoms with E-state index in [0.717, 1.165) is 10.7 Å². The molecule has 2 aromatic heterocycles. The Kier molecular flexibility index (Phi) is 5.21. The standard InChI is InChI=1S/C22H17N3O2S/c26-20(15-28-22-23-14-19-8-4-5-13-25(19)22)16-9-11-18(12-10-16)24-21(27)17-6-2-1-3-7-17/h1-14H,15H2,(H,24,27). The van der Waals surface area contributed by atoms with E-state index in [9.17, 15) is 9.59 Å². The third kappa shape index (κ3) is 3.97. The molecule has 2 aromatic carbocycles. The molecule has 0 unspecified atom stereocenters. The number of aromatic nitrogens is 2. The van der Waals surface area contributed by atoms with E-state index in [0.29, 0.717) is 22.6 Å². The van der Waals surface area contributed by atoms with Crippen LogP contribution in [0.15, 0.2) is 90.3 Å². The highest BCUT2D eigenvalue weighted by atomic mass is 32.2. The molecule has 0 radical (unpaired) electrons. The van der Waals surface area contributed by atoms with E-state index in [-0.39, 0.29) is 11.7 Å². The van der Waals surface area contributed by atoms with Crippen LogP contribution >= 0.6 is 11.8 Å². The molecule has 1 N–H and O–H groups in total. The van der Waals surface area contributed by atoms with Gasteiger partial charge < -0.3 is 5.32 Å². The van der Waals surface area contributed by atoms with Gasteiger partial charge in [0.1, 0.15) is 0 Å². The summed E-state index contributed by atoms with van der Waals surface area (Å²) < 4.78 is 1.96. The summed E-state index contributed by atoms with van der Waals surface area (Å²) >= 11 is 1.40. The van der Waals surface area contributed by atoms with Crippen molar-refractivity contribution < 1.29 is 9.59 Å². The van der Waals surface area contributed by atoms with E-state index in [1.165, 1.54) is 11.8 Å². The van der Waals surface area contributed by atoms with Gasteiger partial charge in [0.25, 0.3) is 5.91 Å². The molecule has 28 heavy (non-hydrogen) atoms. The van der Waals surface area contributed by atoms with Gasteiger partial charge in [-0.25, -0.2) is 4.98 Å². The Morgan fingerprint density at radius 1 is 0.893 bits per heavy atom. The van der Waals surface area contributed by atoms with E-state index in [1.54, 1.807) is 42.6 Å².